The Hall–Kier alpha value is -10.4. The Kier molecular flexibility index (Phi) is 39.8. The largest absolute Gasteiger partial charge is 0.481 e. The van der Waals surface area contributed by atoms with Crippen molar-refractivity contribution in [3.8, 4) is 0 Å². The summed E-state index contributed by atoms with van der Waals surface area (Å²) >= 11 is 0. The Morgan fingerprint density at radius 2 is 0.941 bits per heavy atom. The molecule has 29 N–H and O–H groups in total. The summed E-state index contributed by atoms with van der Waals surface area (Å²) in [7, 11) is 0. The Morgan fingerprint density at radius 1 is 0.475 bits per heavy atom. The molecule has 12 atom stereocenters. The third-order valence-electron chi connectivity index (χ3n) is 15.1. The second-order valence-corrected chi connectivity index (χ2v) is 24.7. The van der Waals surface area contributed by atoms with E-state index in [4.69, 9.17) is 40.1 Å². The minimum atomic E-state index is -2.12. The Labute approximate surface area is 580 Å². The number of nitrogens with two attached hydrogens (primary N) is 7. The van der Waals surface area contributed by atoms with E-state index in [0.29, 0.717) is 0 Å². The highest BCUT2D eigenvalue weighted by atomic mass is 16.4. The number of primary amides is 3. The maximum absolute atomic E-state index is 14.5. The molecule has 568 valence electrons. The van der Waals surface area contributed by atoms with E-state index < -0.39 is 237 Å². The van der Waals surface area contributed by atoms with Gasteiger partial charge < -0.3 is 124 Å². The number of nitrogens with zero attached hydrogens (tertiary/aromatic N) is 2. The van der Waals surface area contributed by atoms with Gasteiger partial charge in [-0.3, -0.25) is 86.5 Å². The number of aliphatic carboxylic acids is 3. The summed E-state index contributed by atoms with van der Waals surface area (Å²) in [5.41, 5.74) is 38.6. The summed E-state index contributed by atoms with van der Waals surface area (Å²) in [6.45, 7) is 5.93. The van der Waals surface area contributed by atoms with Gasteiger partial charge in [-0.05, 0) is 95.9 Å². The summed E-state index contributed by atoms with van der Waals surface area (Å²) in [6.07, 6.45) is -5.54. The van der Waals surface area contributed by atoms with E-state index in [-0.39, 0.29) is 95.2 Å². The molecule has 15 amide bonds. The van der Waals surface area contributed by atoms with Gasteiger partial charge in [0.2, 0.25) is 88.6 Å². The van der Waals surface area contributed by atoms with Crippen LogP contribution in [-0.2, 0) is 86.3 Å². The summed E-state index contributed by atoms with van der Waals surface area (Å²) < 4.78 is 0. The standard InChI is InChI=1S/C59H100N20O22/c1-27(2)20-30(61)48(90)74-37(23-43(64)83)54(96)75-35(21-28(3)4)53(95)72-33(13-15-41(62)81)52(94)71-32(10-6-7-17-60)51(93)76-38(24-46(87)88)55(97)73-34(14-16-45(85)86)57(99)79-19-9-12-40(79)56(98)77-36(22-42(63)82)49(91)68-25-44(84)70-31(11-8-18-67-59(65)66)50(92)69-29(5)47(89)78-39(26-80)58(100)101/h27-40,80H,6-26,60-61H2,1-5H3,(H2,62,81)(H2,63,82)(H2,64,83)(H,68,91)(H,69,92)(H,70,84)(H,71,94)(H,72,95)(H,73,97)(H,74,90)(H,75,96)(H,76,93)(H,77,98)(H,78,89)(H,85,86)(H,87,88)(H,100,101)(H4,65,66,67)/t29-,30-,31-,32-,33-,34-,35-,36-,37-,38-,39-,40-/m0/s1. The number of aliphatic imine (C=N–C) groups is 1. The molecule has 0 spiro atoms. The quantitative estimate of drug-likeness (QED) is 0.0153. The van der Waals surface area contributed by atoms with Crippen LogP contribution < -0.4 is 98.6 Å². The maximum Gasteiger partial charge on any atom is 0.328 e. The molecular formula is C59H100N20O22. The topological polar surface area (TPSA) is 718 Å². The fraction of sp³-hybridized carbons (Fsp3) is 0.678. The molecule has 42 heteroatoms. The van der Waals surface area contributed by atoms with E-state index >= 15 is 0 Å². The van der Waals surface area contributed by atoms with Gasteiger partial charge in [0.05, 0.1) is 38.5 Å². The van der Waals surface area contributed by atoms with Crippen molar-refractivity contribution in [3.05, 3.63) is 0 Å². The van der Waals surface area contributed by atoms with Gasteiger partial charge in [0, 0.05) is 25.9 Å². The lowest BCUT2D eigenvalue weighted by molar-refractivity contribution is -0.144. The van der Waals surface area contributed by atoms with E-state index in [0.717, 1.165) is 4.90 Å². The first-order valence-electron chi connectivity index (χ1n) is 32.5. The molecule has 1 aliphatic heterocycles. The monoisotopic (exact) mass is 1440 g/mol. The highest BCUT2D eigenvalue weighted by Crippen LogP contribution is 2.21. The molecule has 1 aliphatic rings. The van der Waals surface area contributed by atoms with Crippen molar-refractivity contribution in [1.82, 2.24) is 63.4 Å². The average Bonchev–Trinajstić information content (AvgIpc) is 1.75. The number of rotatable bonds is 49. The van der Waals surface area contributed by atoms with Crippen LogP contribution >= 0.6 is 0 Å². The number of amides is 15. The predicted octanol–water partition coefficient (Wildman–Crippen LogP) is -10.0. The van der Waals surface area contributed by atoms with Crippen LogP contribution in [0.2, 0.25) is 0 Å². The first kappa shape index (κ1) is 88.6. The van der Waals surface area contributed by atoms with Gasteiger partial charge in [0.15, 0.2) is 5.96 Å². The Balaban J connectivity index is 3.55. The zero-order valence-electron chi connectivity index (χ0n) is 57.0. The van der Waals surface area contributed by atoms with Crippen LogP contribution in [0.25, 0.3) is 0 Å². The molecule has 0 bridgehead atoms. The Bertz CT molecular complexity index is 2990. The van der Waals surface area contributed by atoms with Gasteiger partial charge in [-0.15, -0.1) is 0 Å². The number of likely N-dealkylation sites (tertiary alicyclic amines) is 1. The van der Waals surface area contributed by atoms with Crippen LogP contribution in [0.4, 0.5) is 0 Å². The maximum atomic E-state index is 14.5. The molecule has 0 unspecified atom stereocenters. The van der Waals surface area contributed by atoms with E-state index in [9.17, 15) is 107 Å². The zero-order chi connectivity index (χ0) is 77.0. The molecule has 0 aromatic heterocycles. The lowest BCUT2D eigenvalue weighted by Crippen LogP contribution is -2.61. The molecular weight excluding hydrogens is 1340 g/mol. The molecule has 42 nitrogen and oxygen atoms in total. The second-order valence-electron chi connectivity index (χ2n) is 24.7. The predicted molar refractivity (Wildman–Crippen MR) is 352 cm³/mol. The number of nitrogens with one attached hydrogen (secondary N) is 11. The van der Waals surface area contributed by atoms with E-state index in [1.54, 1.807) is 27.7 Å². The van der Waals surface area contributed by atoms with Crippen LogP contribution in [0.3, 0.4) is 0 Å². The first-order chi connectivity index (χ1) is 47.2. The summed E-state index contributed by atoms with van der Waals surface area (Å²) in [5.74, 6) is -21.8. The van der Waals surface area contributed by atoms with Crippen molar-refractivity contribution >= 4 is 112 Å². The smallest absolute Gasteiger partial charge is 0.328 e. The highest BCUT2D eigenvalue weighted by Gasteiger charge is 2.41. The summed E-state index contributed by atoms with van der Waals surface area (Å²) in [4.78, 5) is 241. The summed E-state index contributed by atoms with van der Waals surface area (Å²) in [6, 6.07) is -19.6. The SMILES string of the molecule is CC(C)C[C@H](NC(=O)[C@H](CC(N)=O)NC(=O)[C@@H](N)CC(C)C)C(=O)N[C@@H](CCC(N)=O)C(=O)N[C@@H](CCCCN)C(=O)N[C@@H](CC(=O)O)C(=O)N[C@@H](CCC(=O)O)C(=O)N1CCC[C@H]1C(=O)N[C@@H](CC(N)=O)C(=O)NCC(=O)N[C@@H](CCCN=C(N)N)C(=O)N[C@@H](C)C(=O)N[C@@H](CO)C(=O)O. The van der Waals surface area contributed by atoms with Crippen LogP contribution in [0.5, 0.6) is 0 Å². The fourth-order valence-electron chi connectivity index (χ4n) is 9.95. The van der Waals surface area contributed by atoms with E-state index in [2.05, 4.69) is 58.2 Å². The number of carboxylic acid groups (broad SMARTS) is 3. The van der Waals surface area contributed by atoms with Crippen LogP contribution in [0.15, 0.2) is 4.99 Å². The van der Waals surface area contributed by atoms with Gasteiger partial charge in [0.1, 0.15) is 66.5 Å². The molecule has 1 fully saturated rings. The van der Waals surface area contributed by atoms with Crippen molar-refractivity contribution < 1.29 is 107 Å². The number of aliphatic hydroxyl groups excluding tert-OH is 1. The molecule has 0 radical (unpaired) electrons. The van der Waals surface area contributed by atoms with Gasteiger partial charge in [-0.1, -0.05) is 27.7 Å². The molecule has 0 aromatic carbocycles. The van der Waals surface area contributed by atoms with E-state index in [1.807, 2.05) is 5.32 Å². The minimum Gasteiger partial charge on any atom is -0.481 e. The van der Waals surface area contributed by atoms with Crippen molar-refractivity contribution in [3.63, 3.8) is 0 Å². The van der Waals surface area contributed by atoms with Gasteiger partial charge in [0.25, 0.3) is 0 Å². The number of hydrogen-bond acceptors (Lipinski definition) is 22. The van der Waals surface area contributed by atoms with Crippen LogP contribution in [0.1, 0.15) is 137 Å². The molecule has 0 aliphatic carbocycles. The number of carbonyl (C=O) groups is 18. The Morgan fingerprint density at radius 3 is 1.46 bits per heavy atom. The molecule has 0 saturated carbocycles. The summed E-state index contributed by atoms with van der Waals surface area (Å²) in [5, 5.41) is 63.3. The van der Waals surface area contributed by atoms with Crippen LogP contribution in [0, 0.1) is 11.8 Å². The first-order valence-corrected chi connectivity index (χ1v) is 32.5. The molecule has 0 aromatic rings. The van der Waals surface area contributed by atoms with Crippen molar-refractivity contribution in [2.75, 3.05) is 32.8 Å². The van der Waals surface area contributed by atoms with Crippen LogP contribution in [-0.4, -0.2) is 243 Å². The molecule has 1 heterocycles. The third kappa shape index (κ3) is 34.8. The van der Waals surface area contributed by atoms with Gasteiger partial charge >= 0.3 is 17.9 Å². The molecule has 101 heavy (non-hydrogen) atoms. The highest BCUT2D eigenvalue weighted by molar-refractivity contribution is 6.01. The fourth-order valence-corrected chi connectivity index (χ4v) is 9.95. The number of unbranched alkanes of at least 4 members (excludes halogenated alkanes) is 1. The van der Waals surface area contributed by atoms with Crippen molar-refractivity contribution in [2.45, 2.75) is 210 Å². The van der Waals surface area contributed by atoms with Gasteiger partial charge in [-0.2, -0.15) is 0 Å². The number of aliphatic hydroxyl groups is 1. The normalized spacial score (nSPS) is 15.8. The minimum absolute atomic E-state index is 0.0410. The number of hydrogen-bond donors (Lipinski definition) is 22. The van der Waals surface area contributed by atoms with Crippen molar-refractivity contribution in [1.29, 1.82) is 0 Å². The van der Waals surface area contributed by atoms with E-state index in [1.165, 1.54) is 6.92 Å². The molecule has 1 saturated heterocycles. The lowest BCUT2D eigenvalue weighted by atomic mass is 10.0. The second kappa shape index (κ2) is 45.3. The number of carboxylic acids is 3. The van der Waals surface area contributed by atoms with Gasteiger partial charge in [-0.25, -0.2) is 4.79 Å². The average molecular weight is 1440 g/mol. The number of carbonyl (C=O) groups excluding carboxylic acids is 15. The number of guanidine groups is 1. The zero-order valence-corrected chi connectivity index (χ0v) is 57.0. The molecule has 1 rings (SSSR count). The third-order valence-corrected chi connectivity index (χ3v) is 15.1. The lowest BCUT2D eigenvalue weighted by Gasteiger charge is -2.30. The van der Waals surface area contributed by atoms with Crippen molar-refractivity contribution in [2.24, 2.45) is 57.0 Å².